The molecule has 0 bridgehead atoms. The van der Waals surface area contributed by atoms with Gasteiger partial charge in [0.05, 0.1) is 11.7 Å². The van der Waals surface area contributed by atoms with Crippen molar-refractivity contribution in [3.63, 3.8) is 0 Å². The molecule has 1 aliphatic carbocycles. The van der Waals surface area contributed by atoms with Crippen LogP contribution in [0.1, 0.15) is 61.8 Å². The third-order valence-corrected chi connectivity index (χ3v) is 6.43. The monoisotopic (exact) mass is 421 g/mol. The number of nitrogens with zero attached hydrogens (tertiary/aromatic N) is 2. The number of anilines is 1. The van der Waals surface area contributed by atoms with Crippen LogP contribution in [-0.4, -0.2) is 17.8 Å². The standard InChI is InChI=1S/C26H29F2N3/c1-5-18-11-12-20(27)15-24(18)29-16(2)22-13-21(28)14-23-17(3)31(4)26(30-25(22)23)19-9-7-6-8-10-19/h5,11-16,19,29H,1,3,6-10H2,2,4H3. The molecule has 31 heavy (non-hydrogen) atoms. The van der Waals surface area contributed by atoms with Gasteiger partial charge in [-0.25, -0.2) is 13.8 Å². The van der Waals surface area contributed by atoms with Crippen molar-refractivity contribution in [1.29, 1.82) is 0 Å². The molecule has 1 N–H and O–H groups in total. The largest absolute Gasteiger partial charge is 0.378 e. The van der Waals surface area contributed by atoms with E-state index in [9.17, 15) is 8.78 Å². The molecule has 1 heterocycles. The SMILES string of the molecule is C=Cc1ccc(F)cc1NC(C)c1cc(F)cc2c1N=C(C1CCCCC1)N(C)C2=C. The zero-order valence-electron chi connectivity index (χ0n) is 18.2. The zero-order chi connectivity index (χ0) is 22.1. The van der Waals surface area contributed by atoms with Crippen LogP contribution >= 0.6 is 0 Å². The van der Waals surface area contributed by atoms with Crippen LogP contribution in [0.5, 0.6) is 0 Å². The Balaban J connectivity index is 1.76. The molecule has 162 valence electrons. The molecule has 3 nitrogen and oxygen atoms in total. The third-order valence-electron chi connectivity index (χ3n) is 6.43. The summed E-state index contributed by atoms with van der Waals surface area (Å²) >= 11 is 0. The van der Waals surface area contributed by atoms with Gasteiger partial charge in [0.1, 0.15) is 17.5 Å². The van der Waals surface area contributed by atoms with E-state index in [1.807, 2.05) is 18.9 Å². The summed E-state index contributed by atoms with van der Waals surface area (Å²) in [6.45, 7) is 9.98. The van der Waals surface area contributed by atoms with Gasteiger partial charge in [0, 0.05) is 35.5 Å². The quantitative estimate of drug-likeness (QED) is 0.548. The Bertz CT molecular complexity index is 1050. The molecule has 1 aliphatic heterocycles. The molecule has 1 fully saturated rings. The first-order valence-corrected chi connectivity index (χ1v) is 10.9. The first-order chi connectivity index (χ1) is 14.9. The van der Waals surface area contributed by atoms with E-state index in [0.29, 0.717) is 17.2 Å². The third kappa shape index (κ3) is 4.14. The van der Waals surface area contributed by atoms with Crippen molar-refractivity contribution in [3.8, 4) is 0 Å². The summed E-state index contributed by atoms with van der Waals surface area (Å²) in [5.74, 6) is 0.723. The predicted octanol–water partition coefficient (Wildman–Crippen LogP) is 7.31. The lowest BCUT2D eigenvalue weighted by molar-refractivity contribution is 0.417. The molecule has 2 aromatic rings. The fourth-order valence-electron chi connectivity index (χ4n) is 4.67. The molecule has 0 spiro atoms. The highest BCUT2D eigenvalue weighted by Crippen LogP contribution is 2.42. The average Bonchev–Trinajstić information content (AvgIpc) is 2.77. The molecule has 2 aliphatic rings. The first-order valence-electron chi connectivity index (χ1n) is 10.9. The van der Waals surface area contributed by atoms with Gasteiger partial charge in [-0.1, -0.05) is 44.6 Å². The highest BCUT2D eigenvalue weighted by molar-refractivity contribution is 5.99. The number of rotatable bonds is 5. The van der Waals surface area contributed by atoms with Crippen molar-refractivity contribution < 1.29 is 8.78 Å². The molecule has 1 saturated carbocycles. The van der Waals surface area contributed by atoms with Crippen LogP contribution in [0.25, 0.3) is 11.8 Å². The Morgan fingerprint density at radius 3 is 2.58 bits per heavy atom. The maximum atomic E-state index is 14.6. The van der Waals surface area contributed by atoms with Gasteiger partial charge in [-0.05, 0) is 49.6 Å². The van der Waals surface area contributed by atoms with Crippen molar-refractivity contribution in [2.45, 2.75) is 45.1 Å². The Hall–Kier alpha value is -2.95. The average molecular weight is 422 g/mol. The molecule has 4 rings (SSSR count). The number of aliphatic imine (C=N–C) groups is 1. The van der Waals surface area contributed by atoms with E-state index in [4.69, 9.17) is 4.99 Å². The van der Waals surface area contributed by atoms with Gasteiger partial charge < -0.3 is 10.2 Å². The number of fused-ring (bicyclic) bond motifs is 1. The highest BCUT2D eigenvalue weighted by Gasteiger charge is 2.30. The van der Waals surface area contributed by atoms with Crippen LogP contribution < -0.4 is 5.32 Å². The Kier molecular flexibility index (Phi) is 5.94. The van der Waals surface area contributed by atoms with Crippen molar-refractivity contribution in [1.82, 2.24) is 4.90 Å². The predicted molar refractivity (Wildman–Crippen MR) is 125 cm³/mol. The molecule has 5 heteroatoms. The minimum Gasteiger partial charge on any atom is -0.378 e. The van der Waals surface area contributed by atoms with E-state index in [1.165, 1.54) is 43.5 Å². The highest BCUT2D eigenvalue weighted by atomic mass is 19.1. The number of hydrogen-bond acceptors (Lipinski definition) is 3. The first kappa shape index (κ1) is 21.3. The van der Waals surface area contributed by atoms with E-state index in [0.717, 1.165) is 41.2 Å². The van der Waals surface area contributed by atoms with Gasteiger partial charge in [0.25, 0.3) is 0 Å². The number of nitrogens with one attached hydrogen (secondary N) is 1. The van der Waals surface area contributed by atoms with Gasteiger partial charge in [-0.2, -0.15) is 0 Å². The lowest BCUT2D eigenvalue weighted by atomic mass is 9.86. The second-order valence-electron chi connectivity index (χ2n) is 8.50. The van der Waals surface area contributed by atoms with E-state index in [-0.39, 0.29) is 17.7 Å². The molecular weight excluding hydrogens is 392 g/mol. The van der Waals surface area contributed by atoms with E-state index in [2.05, 4.69) is 18.5 Å². The Morgan fingerprint density at radius 1 is 1.13 bits per heavy atom. The van der Waals surface area contributed by atoms with Gasteiger partial charge in [-0.15, -0.1) is 0 Å². The molecule has 0 radical (unpaired) electrons. The zero-order valence-corrected chi connectivity index (χ0v) is 18.2. The summed E-state index contributed by atoms with van der Waals surface area (Å²) in [4.78, 5) is 7.06. The minimum atomic E-state index is -0.339. The number of hydrogen-bond donors (Lipinski definition) is 1. The van der Waals surface area contributed by atoms with Crippen LogP contribution in [0, 0.1) is 17.6 Å². The molecule has 1 atom stereocenters. The molecular formula is C26H29F2N3. The summed E-state index contributed by atoms with van der Waals surface area (Å²) in [7, 11) is 1.97. The Morgan fingerprint density at radius 2 is 1.87 bits per heavy atom. The summed E-state index contributed by atoms with van der Waals surface area (Å²) in [5, 5.41) is 3.33. The van der Waals surface area contributed by atoms with Gasteiger partial charge in [-0.3, -0.25) is 0 Å². The van der Waals surface area contributed by atoms with E-state index in [1.54, 1.807) is 12.1 Å². The lowest BCUT2D eigenvalue weighted by Crippen LogP contribution is -2.35. The number of halogens is 2. The summed E-state index contributed by atoms with van der Waals surface area (Å²) < 4.78 is 28.5. The molecule has 0 aromatic heterocycles. The van der Waals surface area contributed by atoms with Crippen LogP contribution in [0.2, 0.25) is 0 Å². The normalized spacial score (nSPS) is 17.7. The summed E-state index contributed by atoms with van der Waals surface area (Å²) in [6, 6.07) is 7.24. The van der Waals surface area contributed by atoms with Crippen LogP contribution in [0.4, 0.5) is 20.2 Å². The van der Waals surface area contributed by atoms with Crippen molar-refractivity contribution >= 4 is 29.0 Å². The van der Waals surface area contributed by atoms with Crippen LogP contribution in [0.15, 0.2) is 48.5 Å². The Labute approximate surface area is 183 Å². The maximum absolute atomic E-state index is 14.6. The molecule has 2 aromatic carbocycles. The minimum absolute atomic E-state index is 0.294. The van der Waals surface area contributed by atoms with Crippen molar-refractivity contribution in [2.75, 3.05) is 12.4 Å². The fraction of sp³-hybridized carbons (Fsp3) is 0.346. The number of benzene rings is 2. The lowest BCUT2D eigenvalue weighted by Gasteiger charge is -2.36. The number of amidine groups is 1. The van der Waals surface area contributed by atoms with Crippen LogP contribution in [0.3, 0.4) is 0 Å². The van der Waals surface area contributed by atoms with E-state index < -0.39 is 0 Å². The van der Waals surface area contributed by atoms with Gasteiger partial charge in [0.15, 0.2) is 0 Å². The topological polar surface area (TPSA) is 27.6 Å². The van der Waals surface area contributed by atoms with Crippen molar-refractivity contribution in [2.24, 2.45) is 10.9 Å². The second kappa shape index (κ2) is 8.66. The van der Waals surface area contributed by atoms with Crippen molar-refractivity contribution in [3.05, 3.63) is 71.8 Å². The summed E-state index contributed by atoms with van der Waals surface area (Å²) in [6.07, 6.45) is 7.57. The maximum Gasteiger partial charge on any atom is 0.125 e. The van der Waals surface area contributed by atoms with Crippen LogP contribution in [-0.2, 0) is 0 Å². The van der Waals surface area contributed by atoms with E-state index >= 15 is 0 Å². The smallest absolute Gasteiger partial charge is 0.125 e. The second-order valence-corrected chi connectivity index (χ2v) is 8.50. The molecule has 1 unspecified atom stereocenters. The molecule has 0 amide bonds. The fourth-order valence-corrected chi connectivity index (χ4v) is 4.67. The van der Waals surface area contributed by atoms with Gasteiger partial charge >= 0.3 is 0 Å². The molecule has 0 saturated heterocycles. The summed E-state index contributed by atoms with van der Waals surface area (Å²) in [5.41, 5.74) is 4.35. The van der Waals surface area contributed by atoms with Gasteiger partial charge in [0.2, 0.25) is 0 Å².